The minimum Gasteiger partial charge on any atom is -0.383 e. The first-order chi connectivity index (χ1) is 9.85. The summed E-state index contributed by atoms with van der Waals surface area (Å²) >= 11 is 0. The lowest BCUT2D eigenvalue weighted by molar-refractivity contribution is 0.198. The lowest BCUT2D eigenvalue weighted by Gasteiger charge is -2.08. The number of hydrogen-bond acceptors (Lipinski definition) is 6. The molecule has 0 amide bonds. The summed E-state index contributed by atoms with van der Waals surface area (Å²) in [6.45, 7) is 5.69. The van der Waals surface area contributed by atoms with E-state index in [0.717, 1.165) is 31.2 Å². The van der Waals surface area contributed by atoms with E-state index >= 15 is 0 Å². The van der Waals surface area contributed by atoms with E-state index < -0.39 is 0 Å². The van der Waals surface area contributed by atoms with E-state index in [1.54, 1.807) is 19.8 Å². The van der Waals surface area contributed by atoms with E-state index in [0.29, 0.717) is 19.7 Å². The highest BCUT2D eigenvalue weighted by molar-refractivity contribution is 4.91. The van der Waals surface area contributed by atoms with Gasteiger partial charge >= 0.3 is 0 Å². The lowest BCUT2D eigenvalue weighted by atomic mass is 10.4. The van der Waals surface area contributed by atoms with Crippen LogP contribution in [0.25, 0.3) is 0 Å². The van der Waals surface area contributed by atoms with Gasteiger partial charge in [0.25, 0.3) is 0 Å². The number of methoxy groups -OCH3 is 1. The third kappa shape index (κ3) is 3.84. The van der Waals surface area contributed by atoms with Crippen LogP contribution >= 0.6 is 0 Å². The van der Waals surface area contributed by atoms with Crippen molar-refractivity contribution in [3.05, 3.63) is 24.3 Å². The van der Waals surface area contributed by atoms with Gasteiger partial charge in [0.15, 0.2) is 0 Å². The van der Waals surface area contributed by atoms with Crippen LogP contribution in [-0.4, -0.2) is 49.8 Å². The summed E-state index contributed by atoms with van der Waals surface area (Å²) in [5, 5.41) is 11.7. The van der Waals surface area contributed by atoms with Crippen LogP contribution in [0.2, 0.25) is 0 Å². The molecule has 0 saturated heterocycles. The highest BCUT2D eigenvalue weighted by Crippen LogP contribution is 2.02. The van der Waals surface area contributed by atoms with Gasteiger partial charge in [0.1, 0.15) is 30.8 Å². The third-order valence-electron chi connectivity index (χ3n) is 2.88. The maximum Gasteiger partial charge on any atom is 0.148 e. The zero-order chi connectivity index (χ0) is 14.2. The Hall–Kier alpha value is -1.80. The minimum atomic E-state index is 0.585. The molecule has 1 N–H and O–H groups in total. The topological polar surface area (TPSA) is 82.7 Å². The smallest absolute Gasteiger partial charge is 0.148 e. The van der Waals surface area contributed by atoms with Crippen LogP contribution in [0.15, 0.2) is 12.7 Å². The van der Waals surface area contributed by atoms with E-state index in [2.05, 4.69) is 32.4 Å². The summed E-state index contributed by atoms with van der Waals surface area (Å²) in [6.07, 6.45) is 4.17. The second-order valence-corrected chi connectivity index (χ2v) is 4.40. The molecule has 0 aliphatic rings. The Morgan fingerprint density at radius 1 is 1.15 bits per heavy atom. The van der Waals surface area contributed by atoms with Crippen molar-refractivity contribution in [2.75, 3.05) is 20.3 Å². The van der Waals surface area contributed by atoms with Crippen molar-refractivity contribution in [1.82, 2.24) is 34.8 Å². The molecule has 2 heterocycles. The van der Waals surface area contributed by atoms with Gasteiger partial charge in [-0.25, -0.2) is 19.3 Å². The Labute approximate surface area is 118 Å². The number of aromatic nitrogens is 6. The van der Waals surface area contributed by atoms with Crippen LogP contribution in [-0.2, 0) is 24.4 Å². The third-order valence-corrected chi connectivity index (χ3v) is 2.88. The minimum absolute atomic E-state index is 0.585. The summed E-state index contributed by atoms with van der Waals surface area (Å²) in [7, 11) is 1.69. The first-order valence-electron chi connectivity index (χ1n) is 6.78. The Morgan fingerprint density at radius 3 is 2.65 bits per heavy atom. The fourth-order valence-corrected chi connectivity index (χ4v) is 1.87. The Bertz CT molecular complexity index is 507. The van der Waals surface area contributed by atoms with Gasteiger partial charge in [-0.3, -0.25) is 0 Å². The molecule has 0 aliphatic carbocycles. The predicted octanol–water partition coefficient (Wildman–Crippen LogP) is 0.0639. The summed E-state index contributed by atoms with van der Waals surface area (Å²) in [6, 6.07) is 0. The molecule has 0 atom stereocenters. The first kappa shape index (κ1) is 14.6. The van der Waals surface area contributed by atoms with Crippen molar-refractivity contribution in [2.24, 2.45) is 0 Å². The van der Waals surface area contributed by atoms with E-state index in [1.165, 1.54) is 0 Å². The van der Waals surface area contributed by atoms with Crippen molar-refractivity contribution < 1.29 is 4.74 Å². The number of hydrogen-bond donors (Lipinski definition) is 1. The maximum absolute atomic E-state index is 4.99. The zero-order valence-electron chi connectivity index (χ0n) is 12.0. The van der Waals surface area contributed by atoms with Gasteiger partial charge in [0.05, 0.1) is 13.2 Å². The monoisotopic (exact) mass is 279 g/mol. The summed E-state index contributed by atoms with van der Waals surface area (Å²) in [5.41, 5.74) is 0. The highest BCUT2D eigenvalue weighted by atomic mass is 16.5. The molecule has 2 aromatic rings. The first-order valence-corrected chi connectivity index (χ1v) is 6.78. The Morgan fingerprint density at radius 2 is 1.90 bits per heavy atom. The molecule has 20 heavy (non-hydrogen) atoms. The number of aryl methyl sites for hydroxylation is 1. The number of ether oxygens (including phenoxy) is 1. The van der Waals surface area contributed by atoms with Crippen molar-refractivity contribution >= 4 is 0 Å². The van der Waals surface area contributed by atoms with Crippen LogP contribution in [0, 0.1) is 0 Å². The van der Waals surface area contributed by atoms with E-state index in [4.69, 9.17) is 4.74 Å². The van der Waals surface area contributed by atoms with Crippen molar-refractivity contribution in [1.29, 1.82) is 0 Å². The van der Waals surface area contributed by atoms with Crippen molar-refractivity contribution in [3.63, 3.8) is 0 Å². The van der Waals surface area contributed by atoms with E-state index in [9.17, 15) is 0 Å². The predicted molar refractivity (Wildman–Crippen MR) is 73.0 cm³/mol. The van der Waals surface area contributed by atoms with Crippen molar-refractivity contribution in [3.8, 4) is 0 Å². The summed E-state index contributed by atoms with van der Waals surface area (Å²) < 4.78 is 8.74. The van der Waals surface area contributed by atoms with Gasteiger partial charge in [0, 0.05) is 20.2 Å². The molecule has 0 saturated carbocycles. The fourth-order valence-electron chi connectivity index (χ4n) is 1.87. The summed E-state index contributed by atoms with van der Waals surface area (Å²) in [5.74, 6) is 1.78. The van der Waals surface area contributed by atoms with E-state index in [1.807, 2.05) is 9.36 Å². The molecule has 110 valence electrons. The molecule has 0 fully saturated rings. The molecule has 2 aromatic heterocycles. The van der Waals surface area contributed by atoms with Gasteiger partial charge < -0.3 is 10.1 Å². The SMILES string of the molecule is CCCn1ncnc1Cn1ncnc1CNCCOC. The maximum atomic E-state index is 4.99. The van der Waals surface area contributed by atoms with Crippen LogP contribution in [0.5, 0.6) is 0 Å². The average molecular weight is 279 g/mol. The van der Waals surface area contributed by atoms with E-state index in [-0.39, 0.29) is 0 Å². The number of nitrogens with zero attached hydrogens (tertiary/aromatic N) is 6. The average Bonchev–Trinajstić information content (AvgIpc) is 3.06. The normalized spacial score (nSPS) is 11.1. The van der Waals surface area contributed by atoms with Gasteiger partial charge in [-0.15, -0.1) is 0 Å². The van der Waals surface area contributed by atoms with Crippen LogP contribution in [0.1, 0.15) is 25.0 Å². The van der Waals surface area contributed by atoms with Gasteiger partial charge in [0.2, 0.25) is 0 Å². The van der Waals surface area contributed by atoms with Gasteiger partial charge in [-0.05, 0) is 6.42 Å². The van der Waals surface area contributed by atoms with Crippen molar-refractivity contribution in [2.45, 2.75) is 33.0 Å². The number of nitrogens with one attached hydrogen (secondary N) is 1. The molecule has 0 aliphatic heterocycles. The molecule has 0 spiro atoms. The largest absolute Gasteiger partial charge is 0.383 e. The van der Waals surface area contributed by atoms with Crippen LogP contribution < -0.4 is 5.32 Å². The van der Waals surface area contributed by atoms with Crippen LogP contribution in [0.3, 0.4) is 0 Å². The molecule has 0 bridgehead atoms. The molecule has 0 unspecified atom stereocenters. The van der Waals surface area contributed by atoms with Gasteiger partial charge in [-0.2, -0.15) is 10.2 Å². The summed E-state index contributed by atoms with van der Waals surface area (Å²) in [4.78, 5) is 8.54. The molecule has 0 radical (unpaired) electrons. The molecular weight excluding hydrogens is 258 g/mol. The number of rotatable bonds is 9. The lowest BCUT2D eigenvalue weighted by Crippen LogP contribution is -2.22. The fraction of sp³-hybridized carbons (Fsp3) is 0.667. The van der Waals surface area contributed by atoms with Gasteiger partial charge in [-0.1, -0.05) is 6.92 Å². The Kier molecular flexibility index (Phi) is 5.63. The molecular formula is C12H21N7O. The second kappa shape index (κ2) is 7.71. The molecule has 2 rings (SSSR count). The molecule has 0 aromatic carbocycles. The molecule has 8 heteroatoms. The molecule has 8 nitrogen and oxygen atoms in total. The standard InChI is InChI=1S/C12H21N7O/c1-3-5-18-12(15-10-16-18)8-19-11(14-9-17-19)7-13-4-6-20-2/h9-10,13H,3-8H2,1-2H3. The zero-order valence-corrected chi connectivity index (χ0v) is 12.0. The quantitative estimate of drug-likeness (QED) is 0.654. The second-order valence-electron chi connectivity index (χ2n) is 4.40. The Balaban J connectivity index is 1.95. The van der Waals surface area contributed by atoms with Crippen LogP contribution in [0.4, 0.5) is 0 Å². The highest BCUT2D eigenvalue weighted by Gasteiger charge is 2.09.